The smallest absolute Gasteiger partial charge is 0.254 e. The molecule has 0 radical (unpaired) electrons. The van der Waals surface area contributed by atoms with Crippen molar-refractivity contribution in [2.75, 3.05) is 26.2 Å². The second kappa shape index (κ2) is 12.0. The quantitative estimate of drug-likeness (QED) is 0.430. The van der Waals surface area contributed by atoms with Gasteiger partial charge in [0.2, 0.25) is 0 Å². The molecule has 0 bridgehead atoms. The maximum atomic E-state index is 13.5. The Balaban J connectivity index is 1.08. The normalized spacial score (nSPS) is 23.3. The minimum atomic E-state index is -0.0173. The molecule has 1 aromatic carbocycles. The van der Waals surface area contributed by atoms with Gasteiger partial charge in [0.05, 0.1) is 13.1 Å². The van der Waals surface area contributed by atoms with Gasteiger partial charge in [0.25, 0.3) is 5.91 Å². The summed E-state index contributed by atoms with van der Waals surface area (Å²) in [6.45, 7) is 6.75. The van der Waals surface area contributed by atoms with Crippen LogP contribution in [0.2, 0.25) is 0 Å². The lowest BCUT2D eigenvalue weighted by Gasteiger charge is -2.51. The van der Waals surface area contributed by atoms with Gasteiger partial charge in [-0.25, -0.2) is 9.97 Å². The first-order valence-electron chi connectivity index (χ1n) is 15.0. The van der Waals surface area contributed by atoms with E-state index in [9.17, 15) is 4.79 Å². The molecule has 1 atom stereocenters. The predicted molar refractivity (Wildman–Crippen MR) is 152 cm³/mol. The van der Waals surface area contributed by atoms with Gasteiger partial charge >= 0.3 is 0 Å². The van der Waals surface area contributed by atoms with Crippen LogP contribution in [0.15, 0.2) is 49.1 Å². The summed E-state index contributed by atoms with van der Waals surface area (Å²) in [5, 5.41) is 0. The first-order valence-corrected chi connectivity index (χ1v) is 15.0. The molecule has 1 aliphatic carbocycles. The van der Waals surface area contributed by atoms with Crippen molar-refractivity contribution in [3.05, 3.63) is 71.8 Å². The van der Waals surface area contributed by atoms with Crippen LogP contribution in [0.3, 0.4) is 0 Å². The van der Waals surface area contributed by atoms with Gasteiger partial charge in [-0.15, -0.1) is 0 Å². The number of likely N-dealkylation sites (tertiary alicyclic amines) is 2. The second-order valence-electron chi connectivity index (χ2n) is 12.1. The van der Waals surface area contributed by atoms with Gasteiger partial charge < -0.3 is 14.9 Å². The predicted octanol–water partition coefficient (Wildman–Crippen LogP) is 4.99. The lowest BCUT2D eigenvalue weighted by atomic mass is 9.73. The molecule has 6 rings (SSSR count). The minimum absolute atomic E-state index is 0.0173. The third-order valence-corrected chi connectivity index (χ3v) is 9.21. The zero-order valence-corrected chi connectivity index (χ0v) is 23.2. The van der Waals surface area contributed by atoms with Gasteiger partial charge in [0.15, 0.2) is 0 Å². The lowest BCUT2D eigenvalue weighted by molar-refractivity contribution is -0.0116. The molecule has 2 aromatic heterocycles. The molecule has 2 aliphatic heterocycles. The van der Waals surface area contributed by atoms with E-state index in [0.29, 0.717) is 24.1 Å². The molecule has 1 saturated carbocycles. The Hall–Kier alpha value is -2.97. The Bertz CT molecular complexity index is 1130. The molecule has 1 spiro atoms. The van der Waals surface area contributed by atoms with Crippen molar-refractivity contribution in [2.24, 2.45) is 5.41 Å². The third-order valence-electron chi connectivity index (χ3n) is 9.21. The lowest BCUT2D eigenvalue weighted by Crippen LogP contribution is -2.54. The fourth-order valence-electron chi connectivity index (χ4n) is 7.31. The number of benzene rings is 1. The molecule has 4 heterocycles. The highest BCUT2D eigenvalue weighted by atomic mass is 16.2. The van der Waals surface area contributed by atoms with E-state index < -0.39 is 0 Å². The number of aromatic amines is 2. The van der Waals surface area contributed by atoms with Gasteiger partial charge in [-0.05, 0) is 74.7 Å². The second-order valence-corrected chi connectivity index (χ2v) is 12.1. The summed E-state index contributed by atoms with van der Waals surface area (Å²) in [5.41, 5.74) is 2.44. The van der Waals surface area contributed by atoms with Crippen LogP contribution in [0.5, 0.6) is 0 Å². The number of hydrogen-bond acceptors (Lipinski definition) is 5. The van der Waals surface area contributed by atoms with E-state index in [2.05, 4.69) is 41.9 Å². The number of nitrogens with zero attached hydrogens (tertiary/aromatic N) is 5. The van der Waals surface area contributed by atoms with Crippen LogP contribution < -0.4 is 0 Å². The highest BCUT2D eigenvalue weighted by Gasteiger charge is 2.40. The first-order chi connectivity index (χ1) is 19.2. The monoisotopic (exact) mass is 529 g/mol. The summed E-state index contributed by atoms with van der Waals surface area (Å²) < 4.78 is 0. The van der Waals surface area contributed by atoms with E-state index >= 15 is 0 Å². The summed E-state index contributed by atoms with van der Waals surface area (Å²) in [4.78, 5) is 35.7. The number of carbonyl (C=O) groups is 1. The van der Waals surface area contributed by atoms with Crippen LogP contribution in [0.4, 0.5) is 0 Å². The molecule has 3 aromatic rings. The van der Waals surface area contributed by atoms with Crippen LogP contribution >= 0.6 is 0 Å². The molecular formula is C31H43N7O. The van der Waals surface area contributed by atoms with Crippen LogP contribution in [-0.4, -0.2) is 72.8 Å². The SMILES string of the molecule is O=C(c1ccc(CN2CCCC3(CCCN(C4CCCCC4)C3)C2)cc1)N(Cc1ncc[nH]1)Cc1ncc[nH]1. The summed E-state index contributed by atoms with van der Waals surface area (Å²) in [5.74, 6) is 1.50. The van der Waals surface area contributed by atoms with Crippen molar-refractivity contribution in [3.63, 3.8) is 0 Å². The molecular weight excluding hydrogens is 486 g/mol. The standard InChI is InChI=1S/C31H43N7O/c39-30(38(21-28-32-14-15-33-28)22-29-34-16-17-35-29)26-10-8-25(9-11-26)20-36-18-4-12-31(23-36)13-5-19-37(24-31)27-6-2-1-3-7-27/h8-11,14-17,27H,1-7,12-13,18-24H2,(H,32,33)(H,34,35). The topological polar surface area (TPSA) is 84.2 Å². The Morgan fingerprint density at radius 2 is 1.54 bits per heavy atom. The molecule has 3 fully saturated rings. The van der Waals surface area contributed by atoms with Crippen LogP contribution in [0.25, 0.3) is 0 Å². The van der Waals surface area contributed by atoms with Crippen molar-refractivity contribution in [3.8, 4) is 0 Å². The first kappa shape index (κ1) is 26.3. The summed E-state index contributed by atoms with van der Waals surface area (Å²) in [6.07, 6.45) is 19.5. The number of imidazole rings is 2. The Morgan fingerprint density at radius 3 is 2.18 bits per heavy atom. The van der Waals surface area contributed by atoms with Crippen molar-refractivity contribution in [1.82, 2.24) is 34.6 Å². The number of hydrogen-bond donors (Lipinski definition) is 2. The van der Waals surface area contributed by atoms with Crippen molar-refractivity contribution >= 4 is 5.91 Å². The minimum Gasteiger partial charge on any atom is -0.347 e. The van der Waals surface area contributed by atoms with Gasteiger partial charge in [0, 0.05) is 56.0 Å². The van der Waals surface area contributed by atoms with Crippen molar-refractivity contribution in [1.29, 1.82) is 0 Å². The number of nitrogens with one attached hydrogen (secondary N) is 2. The summed E-state index contributed by atoms with van der Waals surface area (Å²) in [7, 11) is 0. The molecule has 2 saturated heterocycles. The van der Waals surface area contributed by atoms with Crippen molar-refractivity contribution in [2.45, 2.75) is 83.5 Å². The third kappa shape index (κ3) is 6.44. The Labute approximate surface area is 232 Å². The highest BCUT2D eigenvalue weighted by Crippen LogP contribution is 2.40. The maximum absolute atomic E-state index is 13.5. The average Bonchev–Trinajstić information content (AvgIpc) is 3.68. The van der Waals surface area contributed by atoms with Gasteiger partial charge in [0.1, 0.15) is 11.6 Å². The van der Waals surface area contributed by atoms with E-state index in [1.54, 1.807) is 29.7 Å². The number of H-pyrrole nitrogens is 2. The van der Waals surface area contributed by atoms with E-state index in [1.165, 1.54) is 89.5 Å². The fraction of sp³-hybridized carbons (Fsp3) is 0.581. The van der Waals surface area contributed by atoms with Gasteiger partial charge in [-0.2, -0.15) is 0 Å². The number of carbonyl (C=O) groups excluding carboxylic acids is 1. The van der Waals surface area contributed by atoms with E-state index in [4.69, 9.17) is 0 Å². The molecule has 8 heteroatoms. The van der Waals surface area contributed by atoms with Gasteiger partial charge in [-0.1, -0.05) is 31.4 Å². The summed E-state index contributed by atoms with van der Waals surface area (Å²) >= 11 is 0. The van der Waals surface area contributed by atoms with Crippen LogP contribution in [0.1, 0.15) is 85.4 Å². The van der Waals surface area contributed by atoms with Gasteiger partial charge in [-0.3, -0.25) is 14.6 Å². The fourth-order valence-corrected chi connectivity index (χ4v) is 7.31. The van der Waals surface area contributed by atoms with E-state index in [0.717, 1.165) is 24.2 Å². The maximum Gasteiger partial charge on any atom is 0.254 e. The molecule has 3 aliphatic rings. The molecule has 39 heavy (non-hydrogen) atoms. The summed E-state index contributed by atoms with van der Waals surface area (Å²) in [6, 6.07) is 9.08. The Kier molecular flexibility index (Phi) is 8.11. The van der Waals surface area contributed by atoms with Crippen LogP contribution in [0, 0.1) is 5.41 Å². The largest absolute Gasteiger partial charge is 0.347 e. The average molecular weight is 530 g/mol. The number of rotatable bonds is 8. The molecule has 208 valence electrons. The molecule has 1 unspecified atom stereocenters. The number of amides is 1. The number of aromatic nitrogens is 4. The molecule has 8 nitrogen and oxygen atoms in total. The molecule has 2 N–H and O–H groups in total. The number of piperidine rings is 2. The van der Waals surface area contributed by atoms with E-state index in [1.807, 2.05) is 12.1 Å². The zero-order valence-electron chi connectivity index (χ0n) is 23.2. The Morgan fingerprint density at radius 1 is 0.872 bits per heavy atom. The molecule has 1 amide bonds. The highest BCUT2D eigenvalue weighted by molar-refractivity contribution is 5.94. The van der Waals surface area contributed by atoms with E-state index in [-0.39, 0.29) is 5.91 Å². The van der Waals surface area contributed by atoms with Crippen LogP contribution in [-0.2, 0) is 19.6 Å². The van der Waals surface area contributed by atoms with Crippen molar-refractivity contribution < 1.29 is 4.79 Å². The zero-order chi connectivity index (χ0) is 26.5.